The van der Waals surface area contributed by atoms with Gasteiger partial charge in [-0.05, 0) is 6.42 Å². The SMILES string of the molecule is CCS(=O)CCNC(=O)C1C=CC(N)C1. The van der Waals surface area contributed by atoms with Crippen molar-refractivity contribution in [3.8, 4) is 0 Å². The Bertz CT molecular complexity index is 279. The van der Waals surface area contributed by atoms with E-state index in [2.05, 4.69) is 5.32 Å². The lowest BCUT2D eigenvalue weighted by atomic mass is 10.1. The third-order valence-electron chi connectivity index (χ3n) is 2.40. The number of nitrogens with two attached hydrogens (primary N) is 1. The second-order valence-electron chi connectivity index (χ2n) is 3.61. The lowest BCUT2D eigenvalue weighted by Crippen LogP contribution is -2.33. The number of amides is 1. The molecule has 1 aliphatic carbocycles. The van der Waals surface area contributed by atoms with Crippen molar-refractivity contribution < 1.29 is 9.00 Å². The van der Waals surface area contributed by atoms with Gasteiger partial charge in [0.15, 0.2) is 0 Å². The van der Waals surface area contributed by atoms with Crippen LogP contribution in [-0.4, -0.2) is 34.2 Å². The molecule has 5 heteroatoms. The van der Waals surface area contributed by atoms with Gasteiger partial charge in [-0.3, -0.25) is 9.00 Å². The largest absolute Gasteiger partial charge is 0.355 e. The summed E-state index contributed by atoms with van der Waals surface area (Å²) in [5, 5.41) is 2.77. The highest BCUT2D eigenvalue weighted by Crippen LogP contribution is 2.15. The summed E-state index contributed by atoms with van der Waals surface area (Å²) in [4.78, 5) is 11.5. The van der Waals surface area contributed by atoms with Crippen molar-refractivity contribution in [2.75, 3.05) is 18.1 Å². The van der Waals surface area contributed by atoms with Gasteiger partial charge in [0.05, 0.1) is 5.92 Å². The molecule has 0 radical (unpaired) electrons. The molecule has 1 rings (SSSR count). The molecule has 0 saturated heterocycles. The summed E-state index contributed by atoms with van der Waals surface area (Å²) in [5.41, 5.74) is 5.65. The Morgan fingerprint density at radius 1 is 1.60 bits per heavy atom. The monoisotopic (exact) mass is 230 g/mol. The van der Waals surface area contributed by atoms with Gasteiger partial charge in [0.2, 0.25) is 5.91 Å². The molecule has 15 heavy (non-hydrogen) atoms. The van der Waals surface area contributed by atoms with Gasteiger partial charge in [0, 0.05) is 34.9 Å². The van der Waals surface area contributed by atoms with Gasteiger partial charge in [0.1, 0.15) is 0 Å². The number of rotatable bonds is 5. The van der Waals surface area contributed by atoms with Crippen LogP contribution in [0.5, 0.6) is 0 Å². The number of hydrogen-bond acceptors (Lipinski definition) is 3. The average Bonchev–Trinajstić information content (AvgIpc) is 2.64. The maximum atomic E-state index is 11.5. The van der Waals surface area contributed by atoms with E-state index in [-0.39, 0.29) is 17.9 Å². The van der Waals surface area contributed by atoms with Crippen molar-refractivity contribution in [2.24, 2.45) is 11.7 Å². The zero-order chi connectivity index (χ0) is 11.3. The van der Waals surface area contributed by atoms with E-state index in [1.54, 1.807) is 0 Å². The van der Waals surface area contributed by atoms with E-state index in [0.29, 0.717) is 24.5 Å². The summed E-state index contributed by atoms with van der Waals surface area (Å²) < 4.78 is 11.1. The van der Waals surface area contributed by atoms with E-state index in [1.807, 2.05) is 19.1 Å². The van der Waals surface area contributed by atoms with Gasteiger partial charge in [-0.1, -0.05) is 19.1 Å². The fraction of sp³-hybridized carbons (Fsp3) is 0.700. The molecule has 0 fully saturated rings. The molecule has 0 aromatic rings. The fourth-order valence-electron chi connectivity index (χ4n) is 1.49. The molecule has 0 heterocycles. The predicted molar refractivity (Wildman–Crippen MR) is 61.8 cm³/mol. The first kappa shape index (κ1) is 12.4. The van der Waals surface area contributed by atoms with E-state index in [4.69, 9.17) is 5.73 Å². The molecule has 0 aliphatic heterocycles. The van der Waals surface area contributed by atoms with Crippen LogP contribution in [0.4, 0.5) is 0 Å². The van der Waals surface area contributed by atoms with Crippen LogP contribution in [0, 0.1) is 5.92 Å². The van der Waals surface area contributed by atoms with Gasteiger partial charge in [-0.15, -0.1) is 0 Å². The van der Waals surface area contributed by atoms with Crippen LogP contribution in [0.1, 0.15) is 13.3 Å². The van der Waals surface area contributed by atoms with Gasteiger partial charge in [-0.25, -0.2) is 0 Å². The first-order chi connectivity index (χ1) is 7.13. The van der Waals surface area contributed by atoms with E-state index >= 15 is 0 Å². The van der Waals surface area contributed by atoms with Crippen molar-refractivity contribution in [2.45, 2.75) is 19.4 Å². The van der Waals surface area contributed by atoms with Crippen LogP contribution in [0.15, 0.2) is 12.2 Å². The van der Waals surface area contributed by atoms with E-state index < -0.39 is 10.8 Å². The second kappa shape index (κ2) is 6.02. The number of carbonyl (C=O) groups is 1. The van der Waals surface area contributed by atoms with Gasteiger partial charge < -0.3 is 11.1 Å². The first-order valence-corrected chi connectivity index (χ1v) is 6.69. The summed E-state index contributed by atoms with van der Waals surface area (Å²) in [7, 11) is -0.809. The van der Waals surface area contributed by atoms with Crippen molar-refractivity contribution in [3.63, 3.8) is 0 Å². The third kappa shape index (κ3) is 4.13. The van der Waals surface area contributed by atoms with Gasteiger partial charge >= 0.3 is 0 Å². The highest BCUT2D eigenvalue weighted by molar-refractivity contribution is 7.84. The summed E-state index contributed by atoms with van der Waals surface area (Å²) in [6.45, 7) is 2.36. The van der Waals surface area contributed by atoms with Crippen LogP contribution in [-0.2, 0) is 15.6 Å². The predicted octanol–water partition coefficient (Wildman–Crippen LogP) is -0.225. The van der Waals surface area contributed by atoms with Crippen molar-refractivity contribution in [1.82, 2.24) is 5.32 Å². The normalized spacial score (nSPS) is 26.5. The van der Waals surface area contributed by atoms with Crippen LogP contribution in [0.3, 0.4) is 0 Å². The number of nitrogens with one attached hydrogen (secondary N) is 1. The minimum atomic E-state index is -0.809. The third-order valence-corrected chi connectivity index (χ3v) is 3.71. The van der Waals surface area contributed by atoms with Crippen molar-refractivity contribution in [3.05, 3.63) is 12.2 Å². The highest BCUT2D eigenvalue weighted by atomic mass is 32.2. The highest BCUT2D eigenvalue weighted by Gasteiger charge is 2.22. The van der Waals surface area contributed by atoms with E-state index in [1.165, 1.54) is 0 Å². The Labute approximate surface area is 92.8 Å². The molecule has 0 aromatic carbocycles. The smallest absolute Gasteiger partial charge is 0.227 e. The maximum absolute atomic E-state index is 11.5. The van der Waals surface area contributed by atoms with Gasteiger partial charge in [-0.2, -0.15) is 0 Å². The molecule has 0 saturated carbocycles. The lowest BCUT2D eigenvalue weighted by Gasteiger charge is -2.09. The van der Waals surface area contributed by atoms with Gasteiger partial charge in [0.25, 0.3) is 0 Å². The summed E-state index contributed by atoms with van der Waals surface area (Å²) >= 11 is 0. The second-order valence-corrected chi connectivity index (χ2v) is 5.48. The van der Waals surface area contributed by atoms with Crippen molar-refractivity contribution >= 4 is 16.7 Å². The fourth-order valence-corrected chi connectivity index (χ4v) is 2.10. The Balaban J connectivity index is 2.19. The molecular weight excluding hydrogens is 212 g/mol. The average molecular weight is 230 g/mol. The molecule has 86 valence electrons. The molecule has 0 bridgehead atoms. The lowest BCUT2D eigenvalue weighted by molar-refractivity contribution is -0.123. The maximum Gasteiger partial charge on any atom is 0.227 e. The van der Waals surface area contributed by atoms with Crippen LogP contribution >= 0.6 is 0 Å². The summed E-state index contributed by atoms with van der Waals surface area (Å²) in [5.74, 6) is 1.07. The Kier molecular flexibility index (Phi) is 4.98. The molecular formula is C10H18N2O2S. The molecule has 1 aliphatic rings. The molecule has 0 aromatic heterocycles. The van der Waals surface area contributed by atoms with E-state index in [9.17, 15) is 9.00 Å². The minimum Gasteiger partial charge on any atom is -0.355 e. The molecule has 3 N–H and O–H groups in total. The summed E-state index contributed by atoms with van der Waals surface area (Å²) in [6.07, 6.45) is 4.38. The van der Waals surface area contributed by atoms with Crippen LogP contribution < -0.4 is 11.1 Å². The number of hydrogen-bond donors (Lipinski definition) is 2. The molecule has 1 amide bonds. The zero-order valence-corrected chi connectivity index (χ0v) is 9.76. The molecule has 3 unspecified atom stereocenters. The molecule has 0 spiro atoms. The topological polar surface area (TPSA) is 72.2 Å². The molecule has 4 nitrogen and oxygen atoms in total. The van der Waals surface area contributed by atoms with Crippen LogP contribution in [0.2, 0.25) is 0 Å². The quantitative estimate of drug-likeness (QED) is 0.641. The zero-order valence-electron chi connectivity index (χ0n) is 8.94. The van der Waals surface area contributed by atoms with E-state index in [0.717, 1.165) is 0 Å². The standard InChI is InChI=1S/C10H18N2O2S/c1-2-15(14)6-5-12-10(13)8-3-4-9(11)7-8/h3-4,8-9H,2,5-7,11H2,1H3,(H,12,13). The number of carbonyl (C=O) groups excluding carboxylic acids is 1. The Morgan fingerprint density at radius 3 is 2.87 bits per heavy atom. The first-order valence-electron chi connectivity index (χ1n) is 5.20. The Morgan fingerprint density at radius 2 is 2.33 bits per heavy atom. The Hall–Kier alpha value is -0.680. The van der Waals surface area contributed by atoms with Crippen LogP contribution in [0.25, 0.3) is 0 Å². The minimum absolute atomic E-state index is 0.00511. The summed E-state index contributed by atoms with van der Waals surface area (Å²) in [6, 6.07) is 0.00511. The molecule has 3 atom stereocenters. The van der Waals surface area contributed by atoms with Crippen molar-refractivity contribution in [1.29, 1.82) is 0 Å².